The molecule has 2 heterocycles. The molecule has 0 saturated carbocycles. The van der Waals surface area contributed by atoms with Crippen LogP contribution >= 0.6 is 0 Å². The molecule has 4 aliphatic rings. The molecule has 2 aromatic rings. The Bertz CT molecular complexity index is 1010. The van der Waals surface area contributed by atoms with Crippen LogP contribution in [0.1, 0.15) is 47.4 Å². The molecule has 28 heavy (non-hydrogen) atoms. The smallest absolute Gasteiger partial charge is 0.270 e. The Kier molecular flexibility index (Phi) is 3.34. The van der Waals surface area contributed by atoms with Gasteiger partial charge in [0, 0.05) is 36.2 Å². The quantitative estimate of drug-likeness (QED) is 0.399. The minimum absolute atomic E-state index is 0.222. The number of allylic oxidation sites excluding steroid dienone is 4. The second-order valence-electron chi connectivity index (χ2n) is 8.54. The van der Waals surface area contributed by atoms with Crippen LogP contribution in [0.4, 0.5) is 11.4 Å². The number of anilines is 1. The normalized spacial score (nSPS) is 31.4. The Morgan fingerprint density at radius 2 is 1.68 bits per heavy atom. The van der Waals surface area contributed by atoms with Gasteiger partial charge in [0.1, 0.15) is 0 Å². The molecule has 6 rings (SSSR count). The highest BCUT2D eigenvalue weighted by atomic mass is 16.6. The SMILES string of the molecule is O=[N+]([O-])c1cc2c3c(c1)[C@H]1C=CC[C@H]1[C@@H](c1ccccc1)N3C[C@H]1CC=C[C@H]21. The number of rotatable bonds is 2. The van der Waals surface area contributed by atoms with Crippen LogP contribution < -0.4 is 4.90 Å². The summed E-state index contributed by atoms with van der Waals surface area (Å²) in [6, 6.07) is 14.8. The third kappa shape index (κ3) is 2.12. The summed E-state index contributed by atoms with van der Waals surface area (Å²) in [6.45, 7) is 1.03. The maximum atomic E-state index is 11.7. The van der Waals surface area contributed by atoms with Gasteiger partial charge in [-0.15, -0.1) is 0 Å². The lowest BCUT2D eigenvalue weighted by molar-refractivity contribution is -0.385. The van der Waals surface area contributed by atoms with Crippen LogP contribution in [0, 0.1) is 22.0 Å². The summed E-state index contributed by atoms with van der Waals surface area (Å²) in [5.74, 6) is 1.52. The van der Waals surface area contributed by atoms with Crippen LogP contribution in [-0.4, -0.2) is 11.5 Å². The van der Waals surface area contributed by atoms with Gasteiger partial charge in [-0.25, -0.2) is 0 Å². The van der Waals surface area contributed by atoms with Crippen LogP contribution in [0.3, 0.4) is 0 Å². The average molecular weight is 370 g/mol. The zero-order chi connectivity index (χ0) is 18.8. The molecule has 0 bridgehead atoms. The van der Waals surface area contributed by atoms with E-state index in [0.29, 0.717) is 23.8 Å². The Labute approximate surface area is 164 Å². The van der Waals surface area contributed by atoms with Crippen LogP contribution in [-0.2, 0) is 0 Å². The molecule has 0 spiro atoms. The first-order valence-corrected chi connectivity index (χ1v) is 10.2. The van der Waals surface area contributed by atoms with Crippen LogP contribution in [0.5, 0.6) is 0 Å². The van der Waals surface area contributed by atoms with E-state index in [-0.39, 0.29) is 16.5 Å². The summed E-state index contributed by atoms with van der Waals surface area (Å²) >= 11 is 0. The van der Waals surface area contributed by atoms with Crippen molar-refractivity contribution in [1.29, 1.82) is 0 Å². The van der Waals surface area contributed by atoms with Gasteiger partial charge in [0.25, 0.3) is 5.69 Å². The van der Waals surface area contributed by atoms with E-state index in [4.69, 9.17) is 0 Å². The van der Waals surface area contributed by atoms with Crippen LogP contribution in [0.15, 0.2) is 66.8 Å². The second-order valence-corrected chi connectivity index (χ2v) is 8.54. The fourth-order valence-corrected chi connectivity index (χ4v) is 6.09. The van der Waals surface area contributed by atoms with Crippen molar-refractivity contribution in [2.75, 3.05) is 11.4 Å². The van der Waals surface area contributed by atoms with Crippen molar-refractivity contribution in [3.05, 3.63) is 93.6 Å². The molecular weight excluding hydrogens is 348 g/mol. The summed E-state index contributed by atoms with van der Waals surface area (Å²) in [7, 11) is 0. The van der Waals surface area contributed by atoms with Crippen molar-refractivity contribution in [2.24, 2.45) is 11.8 Å². The van der Waals surface area contributed by atoms with E-state index in [0.717, 1.165) is 30.5 Å². The average Bonchev–Trinajstić information content (AvgIpc) is 3.38. The maximum Gasteiger partial charge on any atom is 0.270 e. The molecule has 0 N–H and O–H groups in total. The first-order chi connectivity index (χ1) is 13.7. The van der Waals surface area contributed by atoms with Crippen molar-refractivity contribution < 1.29 is 4.92 Å². The zero-order valence-corrected chi connectivity index (χ0v) is 15.6. The van der Waals surface area contributed by atoms with E-state index in [2.05, 4.69) is 59.5 Å². The van der Waals surface area contributed by atoms with Gasteiger partial charge in [0.2, 0.25) is 0 Å². The Balaban J connectivity index is 1.61. The molecule has 2 aromatic carbocycles. The fourth-order valence-electron chi connectivity index (χ4n) is 6.09. The predicted octanol–water partition coefficient (Wildman–Crippen LogP) is 5.49. The number of hydrogen-bond acceptors (Lipinski definition) is 3. The molecule has 0 radical (unpaired) electrons. The minimum atomic E-state index is -0.222. The number of fused-ring (bicyclic) bond motifs is 4. The molecule has 140 valence electrons. The van der Waals surface area contributed by atoms with Gasteiger partial charge in [-0.1, -0.05) is 54.6 Å². The number of nitro benzene ring substituents is 1. The summed E-state index contributed by atoms with van der Waals surface area (Å²) in [4.78, 5) is 14.0. The summed E-state index contributed by atoms with van der Waals surface area (Å²) in [5, 5.41) is 11.7. The molecule has 0 amide bonds. The van der Waals surface area contributed by atoms with Crippen molar-refractivity contribution in [3.8, 4) is 0 Å². The van der Waals surface area contributed by atoms with E-state index in [1.165, 1.54) is 11.3 Å². The lowest BCUT2D eigenvalue weighted by Gasteiger charge is -2.51. The number of hydrogen-bond donors (Lipinski definition) is 0. The van der Waals surface area contributed by atoms with Crippen LogP contribution in [0.2, 0.25) is 0 Å². The maximum absolute atomic E-state index is 11.7. The van der Waals surface area contributed by atoms with Crippen molar-refractivity contribution in [2.45, 2.75) is 30.7 Å². The van der Waals surface area contributed by atoms with Gasteiger partial charge in [-0.05, 0) is 41.4 Å². The lowest BCUT2D eigenvalue weighted by Crippen LogP contribution is -2.46. The van der Waals surface area contributed by atoms with Gasteiger partial charge in [0.05, 0.1) is 11.0 Å². The van der Waals surface area contributed by atoms with E-state index >= 15 is 0 Å². The van der Waals surface area contributed by atoms with Gasteiger partial charge in [0.15, 0.2) is 0 Å². The van der Waals surface area contributed by atoms with Crippen molar-refractivity contribution >= 4 is 11.4 Å². The van der Waals surface area contributed by atoms with Crippen molar-refractivity contribution in [3.63, 3.8) is 0 Å². The topological polar surface area (TPSA) is 46.4 Å². The standard InChI is InChI=1S/C24H22N2O2/c27-26(28)17-12-21-18-9-4-8-16(18)14-25-23(15-6-2-1-3-7-15)20-11-5-10-19(20)22(13-17)24(21)25/h1-7,9-10,12-13,16,18-20,23H,8,11,14H2/t16-,18+,19+,20-,23-/m1/s1. The van der Waals surface area contributed by atoms with Gasteiger partial charge in [-0.2, -0.15) is 0 Å². The van der Waals surface area contributed by atoms with E-state index < -0.39 is 0 Å². The molecule has 0 saturated heterocycles. The summed E-state index contributed by atoms with van der Waals surface area (Å²) in [5.41, 5.74) is 5.19. The van der Waals surface area contributed by atoms with Gasteiger partial charge >= 0.3 is 0 Å². The molecule has 4 nitrogen and oxygen atoms in total. The minimum Gasteiger partial charge on any atom is -0.363 e. The summed E-state index contributed by atoms with van der Waals surface area (Å²) < 4.78 is 0. The summed E-state index contributed by atoms with van der Waals surface area (Å²) in [6.07, 6.45) is 11.2. The molecule has 5 atom stereocenters. The fraction of sp³-hybridized carbons (Fsp3) is 0.333. The third-order valence-corrected chi connectivity index (χ3v) is 7.19. The predicted molar refractivity (Wildman–Crippen MR) is 110 cm³/mol. The van der Waals surface area contributed by atoms with E-state index in [9.17, 15) is 10.1 Å². The lowest BCUT2D eigenvalue weighted by atomic mass is 9.70. The first kappa shape index (κ1) is 16.1. The second kappa shape index (κ2) is 5.81. The van der Waals surface area contributed by atoms with Gasteiger partial charge < -0.3 is 4.90 Å². The first-order valence-electron chi connectivity index (χ1n) is 10.2. The molecule has 0 aromatic heterocycles. The molecule has 2 aliphatic heterocycles. The number of nitrogens with zero attached hydrogens (tertiary/aromatic N) is 2. The van der Waals surface area contributed by atoms with E-state index in [1.807, 2.05) is 12.1 Å². The highest BCUT2D eigenvalue weighted by molar-refractivity contribution is 5.72. The highest BCUT2D eigenvalue weighted by Gasteiger charge is 2.48. The number of benzene rings is 2. The Morgan fingerprint density at radius 1 is 0.964 bits per heavy atom. The Morgan fingerprint density at radius 3 is 2.46 bits per heavy atom. The third-order valence-electron chi connectivity index (χ3n) is 7.19. The van der Waals surface area contributed by atoms with Gasteiger partial charge in [-0.3, -0.25) is 10.1 Å². The number of nitro groups is 1. The van der Waals surface area contributed by atoms with Crippen LogP contribution in [0.25, 0.3) is 0 Å². The molecule has 0 fully saturated rings. The van der Waals surface area contributed by atoms with E-state index in [1.54, 1.807) is 0 Å². The molecular formula is C24H22N2O2. The number of non-ortho nitro benzene ring substituents is 1. The van der Waals surface area contributed by atoms with Crippen molar-refractivity contribution in [1.82, 2.24) is 0 Å². The Hall–Kier alpha value is -2.88. The molecule has 4 heteroatoms. The molecule has 0 unspecified atom stereocenters. The highest BCUT2D eigenvalue weighted by Crippen LogP contribution is 2.59. The largest absolute Gasteiger partial charge is 0.363 e. The zero-order valence-electron chi connectivity index (χ0n) is 15.6. The molecule has 2 aliphatic carbocycles. The monoisotopic (exact) mass is 370 g/mol.